The van der Waals surface area contributed by atoms with Crippen LogP contribution in [0.15, 0.2) is 36.0 Å². The molecule has 4 rings (SSSR count). The molecule has 0 aliphatic rings. The van der Waals surface area contributed by atoms with Gasteiger partial charge >= 0.3 is 5.97 Å². The Balaban J connectivity index is 1.30. The summed E-state index contributed by atoms with van der Waals surface area (Å²) < 4.78 is 6.79. The van der Waals surface area contributed by atoms with Crippen molar-refractivity contribution in [1.29, 1.82) is 0 Å². The quantitative estimate of drug-likeness (QED) is 0.430. The highest BCUT2D eigenvalue weighted by molar-refractivity contribution is 7.09. The summed E-state index contributed by atoms with van der Waals surface area (Å²) >= 11 is 1.57. The highest BCUT2D eigenvalue weighted by Crippen LogP contribution is 2.24. The first-order chi connectivity index (χ1) is 15.4. The smallest absolute Gasteiger partial charge is 0.306 e. The van der Waals surface area contributed by atoms with Gasteiger partial charge < -0.3 is 10.1 Å². The average molecular weight is 451 g/mol. The SMILES string of the molecule is Cc1nc(-c2cccc(NC(=O)COC(=O)CCc3c(C)nc4ncnn4c3C)c2)cs1. The van der Waals surface area contributed by atoms with Crippen molar-refractivity contribution in [3.8, 4) is 11.3 Å². The van der Waals surface area contributed by atoms with E-state index in [1.807, 2.05) is 44.4 Å². The molecule has 1 N–H and O–H groups in total. The molecule has 0 spiro atoms. The van der Waals surface area contributed by atoms with Crippen LogP contribution in [-0.4, -0.2) is 43.0 Å². The Bertz CT molecular complexity index is 1300. The highest BCUT2D eigenvalue weighted by Gasteiger charge is 2.14. The molecule has 3 heterocycles. The van der Waals surface area contributed by atoms with Gasteiger partial charge in [0.25, 0.3) is 11.7 Å². The molecule has 0 unspecified atom stereocenters. The summed E-state index contributed by atoms with van der Waals surface area (Å²) in [6.45, 7) is 5.37. The number of carbonyl (C=O) groups is 2. The molecule has 0 atom stereocenters. The lowest BCUT2D eigenvalue weighted by Gasteiger charge is -2.10. The molecular formula is C22H22N6O3S. The third kappa shape index (κ3) is 4.80. The van der Waals surface area contributed by atoms with Crippen LogP contribution in [0.3, 0.4) is 0 Å². The number of hydrogen-bond acceptors (Lipinski definition) is 8. The van der Waals surface area contributed by atoms with Gasteiger partial charge in [-0.1, -0.05) is 12.1 Å². The van der Waals surface area contributed by atoms with Crippen molar-refractivity contribution >= 4 is 34.7 Å². The number of rotatable bonds is 7. The molecule has 0 aliphatic carbocycles. The van der Waals surface area contributed by atoms with Crippen molar-refractivity contribution in [1.82, 2.24) is 24.6 Å². The number of carbonyl (C=O) groups excluding carboxylic acids is 2. The standard InChI is InChI=1S/C22H22N6O3S/c1-13-18(14(2)28-22(25-13)23-12-24-28)7-8-21(30)31-10-20(29)27-17-6-4-5-16(9-17)19-11-32-15(3)26-19/h4-6,9,11-12H,7-8,10H2,1-3H3,(H,27,29). The molecule has 164 valence electrons. The minimum atomic E-state index is -0.454. The maximum Gasteiger partial charge on any atom is 0.306 e. The van der Waals surface area contributed by atoms with Crippen molar-refractivity contribution in [2.45, 2.75) is 33.6 Å². The molecule has 9 nitrogen and oxygen atoms in total. The van der Waals surface area contributed by atoms with Crippen LogP contribution in [0.1, 0.15) is 28.4 Å². The van der Waals surface area contributed by atoms with Crippen molar-refractivity contribution in [3.63, 3.8) is 0 Å². The molecule has 10 heteroatoms. The molecule has 0 aliphatic heterocycles. The van der Waals surface area contributed by atoms with E-state index in [-0.39, 0.29) is 13.0 Å². The van der Waals surface area contributed by atoms with Gasteiger partial charge in [0.2, 0.25) is 0 Å². The second kappa shape index (κ2) is 9.23. The second-order valence-electron chi connectivity index (χ2n) is 7.27. The number of hydrogen-bond donors (Lipinski definition) is 1. The molecule has 0 saturated heterocycles. The van der Waals surface area contributed by atoms with Crippen LogP contribution in [0, 0.1) is 20.8 Å². The van der Waals surface area contributed by atoms with Gasteiger partial charge in [-0.05, 0) is 44.9 Å². The molecule has 4 aromatic rings. The molecule has 0 fully saturated rings. The van der Waals surface area contributed by atoms with E-state index in [1.54, 1.807) is 21.9 Å². The van der Waals surface area contributed by atoms with Crippen LogP contribution >= 0.6 is 11.3 Å². The number of thiazole rings is 1. The average Bonchev–Trinajstić information content (AvgIpc) is 3.41. The molecule has 0 radical (unpaired) electrons. The monoisotopic (exact) mass is 450 g/mol. The minimum Gasteiger partial charge on any atom is -0.456 e. The molecule has 1 aromatic carbocycles. The zero-order valence-corrected chi connectivity index (χ0v) is 18.8. The second-order valence-corrected chi connectivity index (χ2v) is 8.34. The van der Waals surface area contributed by atoms with E-state index < -0.39 is 11.9 Å². The van der Waals surface area contributed by atoms with Gasteiger partial charge in [0, 0.05) is 34.4 Å². The maximum absolute atomic E-state index is 12.2. The Hall–Kier alpha value is -3.66. The number of nitrogens with one attached hydrogen (secondary N) is 1. The largest absolute Gasteiger partial charge is 0.456 e. The van der Waals surface area contributed by atoms with Crippen molar-refractivity contribution < 1.29 is 14.3 Å². The number of aromatic nitrogens is 5. The number of amides is 1. The Morgan fingerprint density at radius 2 is 2.03 bits per heavy atom. The number of benzene rings is 1. The van der Waals surface area contributed by atoms with E-state index in [9.17, 15) is 9.59 Å². The predicted molar refractivity (Wildman–Crippen MR) is 120 cm³/mol. The predicted octanol–water partition coefficient (Wildman–Crippen LogP) is 3.29. The summed E-state index contributed by atoms with van der Waals surface area (Å²) in [5.74, 6) is -0.329. The van der Waals surface area contributed by atoms with Crippen LogP contribution in [0.2, 0.25) is 0 Å². The fourth-order valence-corrected chi connectivity index (χ4v) is 4.03. The number of aryl methyl sites for hydroxylation is 3. The number of fused-ring (bicyclic) bond motifs is 1. The van der Waals surface area contributed by atoms with Gasteiger partial charge in [-0.25, -0.2) is 14.5 Å². The molecule has 0 bridgehead atoms. The highest BCUT2D eigenvalue weighted by atomic mass is 32.1. The van der Waals surface area contributed by atoms with E-state index >= 15 is 0 Å². The van der Waals surface area contributed by atoms with Crippen LogP contribution in [0.5, 0.6) is 0 Å². The number of esters is 1. The summed E-state index contributed by atoms with van der Waals surface area (Å²) in [4.78, 5) is 37.4. The first-order valence-electron chi connectivity index (χ1n) is 10.0. The Labute approximate surface area is 188 Å². The van der Waals surface area contributed by atoms with Gasteiger partial charge in [0.1, 0.15) is 6.33 Å². The summed E-state index contributed by atoms with van der Waals surface area (Å²) in [6.07, 6.45) is 2.02. The van der Waals surface area contributed by atoms with Crippen LogP contribution < -0.4 is 5.32 Å². The summed E-state index contributed by atoms with van der Waals surface area (Å²) in [6, 6.07) is 7.39. The van der Waals surface area contributed by atoms with Gasteiger partial charge in [-0.2, -0.15) is 10.1 Å². The number of nitrogens with zero attached hydrogens (tertiary/aromatic N) is 5. The fraction of sp³-hybridized carbons (Fsp3) is 0.273. The van der Waals surface area contributed by atoms with Gasteiger partial charge in [-0.15, -0.1) is 11.3 Å². The Kier molecular flexibility index (Phi) is 6.22. The summed E-state index contributed by atoms with van der Waals surface area (Å²) in [5, 5.41) is 9.84. The minimum absolute atomic E-state index is 0.134. The normalized spacial score (nSPS) is 11.0. The summed E-state index contributed by atoms with van der Waals surface area (Å²) in [7, 11) is 0. The zero-order valence-electron chi connectivity index (χ0n) is 18.0. The third-order valence-electron chi connectivity index (χ3n) is 4.99. The first kappa shape index (κ1) is 21.6. The Morgan fingerprint density at radius 3 is 2.81 bits per heavy atom. The number of anilines is 1. The van der Waals surface area contributed by atoms with Crippen LogP contribution in [-0.2, 0) is 20.7 Å². The molecule has 1 amide bonds. The molecular weight excluding hydrogens is 428 g/mol. The Morgan fingerprint density at radius 1 is 1.19 bits per heavy atom. The van der Waals surface area contributed by atoms with Crippen molar-refractivity contribution in [3.05, 3.63) is 57.9 Å². The van der Waals surface area contributed by atoms with Gasteiger partial charge in [0.15, 0.2) is 6.61 Å². The van der Waals surface area contributed by atoms with E-state index in [1.165, 1.54) is 6.33 Å². The lowest BCUT2D eigenvalue weighted by atomic mass is 10.1. The van der Waals surface area contributed by atoms with E-state index in [0.717, 1.165) is 33.2 Å². The van der Waals surface area contributed by atoms with E-state index in [0.29, 0.717) is 17.9 Å². The van der Waals surface area contributed by atoms with E-state index in [4.69, 9.17) is 4.74 Å². The van der Waals surface area contributed by atoms with Crippen LogP contribution in [0.25, 0.3) is 17.0 Å². The van der Waals surface area contributed by atoms with Gasteiger partial charge in [0.05, 0.1) is 10.7 Å². The third-order valence-corrected chi connectivity index (χ3v) is 5.77. The van der Waals surface area contributed by atoms with Gasteiger partial charge in [-0.3, -0.25) is 9.59 Å². The fourth-order valence-electron chi connectivity index (χ4n) is 3.41. The molecule has 0 saturated carbocycles. The zero-order chi connectivity index (χ0) is 22.7. The number of ether oxygens (including phenoxy) is 1. The van der Waals surface area contributed by atoms with E-state index in [2.05, 4.69) is 25.4 Å². The first-order valence-corrected chi connectivity index (χ1v) is 10.9. The maximum atomic E-state index is 12.2. The van der Waals surface area contributed by atoms with Crippen molar-refractivity contribution in [2.24, 2.45) is 0 Å². The lowest BCUT2D eigenvalue weighted by Crippen LogP contribution is -2.21. The molecule has 32 heavy (non-hydrogen) atoms. The lowest BCUT2D eigenvalue weighted by molar-refractivity contribution is -0.147. The molecule has 3 aromatic heterocycles. The topological polar surface area (TPSA) is 111 Å². The van der Waals surface area contributed by atoms with Crippen LogP contribution in [0.4, 0.5) is 5.69 Å². The van der Waals surface area contributed by atoms with Crippen molar-refractivity contribution in [2.75, 3.05) is 11.9 Å². The summed E-state index contributed by atoms with van der Waals surface area (Å²) in [5.41, 5.74) is 4.98.